The molecule has 0 unspecified atom stereocenters. The van der Waals surface area contributed by atoms with Crippen molar-refractivity contribution in [2.45, 2.75) is 50.5 Å². The van der Waals surface area contributed by atoms with Gasteiger partial charge in [-0.3, -0.25) is 14.4 Å². The third-order valence-corrected chi connectivity index (χ3v) is 6.17. The second-order valence-corrected chi connectivity index (χ2v) is 8.56. The molecular formula is C21H26N6O3. The van der Waals surface area contributed by atoms with Gasteiger partial charge >= 0.3 is 0 Å². The zero-order chi connectivity index (χ0) is 20.7. The minimum atomic E-state index is -0.645. The molecule has 2 aromatic rings. The molecule has 0 spiro atoms. The van der Waals surface area contributed by atoms with Gasteiger partial charge in [-0.1, -0.05) is 0 Å². The third kappa shape index (κ3) is 3.88. The van der Waals surface area contributed by atoms with E-state index >= 15 is 0 Å². The lowest BCUT2D eigenvalue weighted by Gasteiger charge is -2.19. The number of aromatic amines is 1. The van der Waals surface area contributed by atoms with Gasteiger partial charge in [0.1, 0.15) is 11.6 Å². The number of carbonyl (C=O) groups excluding carboxylic acids is 3. The van der Waals surface area contributed by atoms with Crippen molar-refractivity contribution in [3.63, 3.8) is 0 Å². The summed E-state index contributed by atoms with van der Waals surface area (Å²) in [6.07, 6.45) is 9.35. The fraction of sp³-hybridized carbons (Fsp3) is 0.571. The molecule has 3 N–H and O–H groups in total. The van der Waals surface area contributed by atoms with Crippen LogP contribution >= 0.6 is 0 Å². The van der Waals surface area contributed by atoms with Crippen LogP contribution < -0.4 is 10.6 Å². The second kappa shape index (κ2) is 7.70. The normalized spacial score (nSPS) is 19.7. The molecule has 9 heteroatoms. The second-order valence-electron chi connectivity index (χ2n) is 8.56. The number of nitrogens with zero attached hydrogens (tertiary/aromatic N) is 3. The number of hydrogen-bond donors (Lipinski definition) is 3. The van der Waals surface area contributed by atoms with Crippen molar-refractivity contribution < 1.29 is 14.4 Å². The van der Waals surface area contributed by atoms with E-state index in [-0.39, 0.29) is 30.2 Å². The van der Waals surface area contributed by atoms with Crippen molar-refractivity contribution in [2.24, 2.45) is 5.92 Å². The summed E-state index contributed by atoms with van der Waals surface area (Å²) < 4.78 is 0. The van der Waals surface area contributed by atoms with Crippen LogP contribution in [0.3, 0.4) is 0 Å². The summed E-state index contributed by atoms with van der Waals surface area (Å²) in [6, 6.07) is -0.645. The molecule has 2 saturated carbocycles. The van der Waals surface area contributed by atoms with E-state index in [2.05, 4.69) is 25.6 Å². The topological polar surface area (TPSA) is 120 Å². The molecule has 2 aromatic heterocycles. The molecule has 5 rings (SSSR count). The quantitative estimate of drug-likeness (QED) is 0.631. The predicted molar refractivity (Wildman–Crippen MR) is 109 cm³/mol. The molecule has 158 valence electrons. The Balaban J connectivity index is 1.26. The van der Waals surface area contributed by atoms with Gasteiger partial charge in [-0.05, 0) is 44.4 Å². The van der Waals surface area contributed by atoms with Crippen LogP contribution in [-0.2, 0) is 9.59 Å². The van der Waals surface area contributed by atoms with Crippen LogP contribution in [0, 0.1) is 5.92 Å². The first-order valence-corrected chi connectivity index (χ1v) is 10.8. The van der Waals surface area contributed by atoms with Crippen LogP contribution in [0.5, 0.6) is 0 Å². The van der Waals surface area contributed by atoms with E-state index in [1.807, 2.05) is 0 Å². The van der Waals surface area contributed by atoms with Crippen LogP contribution in [0.4, 0.5) is 0 Å². The summed E-state index contributed by atoms with van der Waals surface area (Å²) in [4.78, 5) is 51.7. The van der Waals surface area contributed by atoms with Gasteiger partial charge in [0.2, 0.25) is 11.8 Å². The molecule has 2 aliphatic carbocycles. The molecule has 0 radical (unpaired) electrons. The fourth-order valence-electron chi connectivity index (χ4n) is 4.05. The Kier molecular flexibility index (Phi) is 4.88. The Morgan fingerprint density at radius 1 is 1.17 bits per heavy atom. The van der Waals surface area contributed by atoms with E-state index in [1.165, 1.54) is 0 Å². The van der Waals surface area contributed by atoms with Crippen LogP contribution in [0.1, 0.15) is 60.5 Å². The minimum absolute atomic E-state index is 0.0266. The maximum Gasteiger partial charge on any atom is 0.255 e. The Morgan fingerprint density at radius 3 is 2.63 bits per heavy atom. The number of likely N-dealkylation sites (tertiary alicyclic amines) is 1. The average molecular weight is 410 g/mol. The molecular weight excluding hydrogens is 384 g/mol. The first-order valence-electron chi connectivity index (χ1n) is 10.8. The van der Waals surface area contributed by atoms with Gasteiger partial charge in [0, 0.05) is 25.2 Å². The predicted octanol–water partition coefficient (Wildman–Crippen LogP) is 1.08. The van der Waals surface area contributed by atoms with Crippen LogP contribution in [0.25, 0.3) is 11.2 Å². The van der Waals surface area contributed by atoms with Crippen molar-refractivity contribution in [2.75, 3.05) is 19.6 Å². The monoisotopic (exact) mass is 410 g/mol. The number of amides is 3. The minimum Gasteiger partial charge on any atom is -0.345 e. The first kappa shape index (κ1) is 19.0. The summed E-state index contributed by atoms with van der Waals surface area (Å²) in [5.74, 6) is -0.175. The Labute approximate surface area is 174 Å². The molecule has 0 bridgehead atoms. The lowest BCUT2D eigenvalue weighted by molar-refractivity contribution is -0.132. The maximum absolute atomic E-state index is 13.0. The van der Waals surface area contributed by atoms with Crippen molar-refractivity contribution in [1.29, 1.82) is 0 Å². The highest BCUT2D eigenvalue weighted by Crippen LogP contribution is 2.39. The number of nitrogens with one attached hydrogen (secondary N) is 3. The maximum atomic E-state index is 13.0. The lowest BCUT2D eigenvalue weighted by atomic mass is 10.1. The SMILES string of the molecule is O=C(N[C@@H](C(=O)NCC(=O)N1CCCC1)C1CC1)c1c[nH]c2ncc(C3CC3)nc12. The van der Waals surface area contributed by atoms with E-state index in [9.17, 15) is 14.4 Å². The van der Waals surface area contributed by atoms with E-state index in [0.717, 1.165) is 57.3 Å². The summed E-state index contributed by atoms with van der Waals surface area (Å²) in [5.41, 5.74) is 2.41. The molecule has 30 heavy (non-hydrogen) atoms. The first-order chi connectivity index (χ1) is 14.6. The number of rotatable bonds is 7. The Morgan fingerprint density at radius 2 is 1.93 bits per heavy atom. The standard InChI is InChI=1S/C21H26N6O3/c28-16(27-7-1-2-8-27)11-24-21(30)17(13-5-6-13)26-20(29)14-9-22-19-18(14)25-15(10-23-19)12-3-4-12/h9-10,12-13,17H,1-8,11H2,(H,22,23)(H,24,30)(H,26,29)/t17-/m1/s1. The van der Waals surface area contributed by atoms with Gasteiger partial charge in [0.25, 0.3) is 5.91 Å². The summed E-state index contributed by atoms with van der Waals surface area (Å²) >= 11 is 0. The van der Waals surface area contributed by atoms with E-state index < -0.39 is 6.04 Å². The fourth-order valence-corrected chi connectivity index (χ4v) is 4.05. The molecule has 9 nitrogen and oxygen atoms in total. The molecule has 3 amide bonds. The number of aromatic nitrogens is 3. The molecule has 1 saturated heterocycles. The van der Waals surface area contributed by atoms with Crippen LogP contribution in [-0.4, -0.2) is 63.2 Å². The lowest BCUT2D eigenvalue weighted by Crippen LogP contribution is -2.50. The van der Waals surface area contributed by atoms with Crippen molar-refractivity contribution >= 4 is 28.9 Å². The summed E-state index contributed by atoms with van der Waals surface area (Å²) in [6.45, 7) is 1.48. The summed E-state index contributed by atoms with van der Waals surface area (Å²) in [5, 5.41) is 5.59. The zero-order valence-electron chi connectivity index (χ0n) is 16.8. The van der Waals surface area contributed by atoms with E-state index in [4.69, 9.17) is 0 Å². The molecule has 3 heterocycles. The molecule has 1 atom stereocenters. The van der Waals surface area contributed by atoms with Gasteiger partial charge < -0.3 is 20.5 Å². The molecule has 1 aliphatic heterocycles. The number of H-pyrrole nitrogens is 1. The highest BCUT2D eigenvalue weighted by Gasteiger charge is 2.38. The van der Waals surface area contributed by atoms with Gasteiger partial charge in [-0.2, -0.15) is 0 Å². The van der Waals surface area contributed by atoms with Gasteiger partial charge in [-0.15, -0.1) is 0 Å². The number of fused-ring (bicyclic) bond motifs is 1. The van der Waals surface area contributed by atoms with Crippen LogP contribution in [0.2, 0.25) is 0 Å². The largest absolute Gasteiger partial charge is 0.345 e. The van der Waals surface area contributed by atoms with E-state index in [1.54, 1.807) is 17.3 Å². The Hall–Kier alpha value is -2.97. The molecule has 3 aliphatic rings. The van der Waals surface area contributed by atoms with Crippen molar-refractivity contribution in [3.05, 3.63) is 23.7 Å². The smallest absolute Gasteiger partial charge is 0.255 e. The van der Waals surface area contributed by atoms with Gasteiger partial charge in [0.15, 0.2) is 5.65 Å². The average Bonchev–Trinajstić information content (AvgIpc) is 3.68. The highest BCUT2D eigenvalue weighted by atomic mass is 16.2. The summed E-state index contributed by atoms with van der Waals surface area (Å²) in [7, 11) is 0. The van der Waals surface area contributed by atoms with Crippen molar-refractivity contribution in [3.8, 4) is 0 Å². The van der Waals surface area contributed by atoms with Crippen LogP contribution in [0.15, 0.2) is 12.4 Å². The molecule has 3 fully saturated rings. The molecule has 0 aromatic carbocycles. The third-order valence-electron chi connectivity index (χ3n) is 6.17. The Bertz CT molecular complexity index is 988. The number of hydrogen-bond acceptors (Lipinski definition) is 5. The van der Waals surface area contributed by atoms with Gasteiger partial charge in [0.05, 0.1) is 24.0 Å². The zero-order valence-corrected chi connectivity index (χ0v) is 16.8. The number of carbonyl (C=O) groups is 3. The van der Waals surface area contributed by atoms with Crippen molar-refractivity contribution in [1.82, 2.24) is 30.5 Å². The van der Waals surface area contributed by atoms with E-state index in [0.29, 0.717) is 22.6 Å². The van der Waals surface area contributed by atoms with Gasteiger partial charge in [-0.25, -0.2) is 9.97 Å². The highest BCUT2D eigenvalue weighted by molar-refractivity contribution is 6.06.